The minimum Gasteiger partial charge on any atom is -0.453 e. The van der Waals surface area contributed by atoms with Crippen molar-refractivity contribution in [3.05, 3.63) is 55.1 Å². The lowest BCUT2D eigenvalue weighted by atomic mass is 10.2. The Morgan fingerprint density at radius 1 is 1.05 bits per heavy atom. The second-order valence-electron chi connectivity index (χ2n) is 3.73. The number of nitrogens with two attached hydrogens (primary N) is 1. The Kier molecular flexibility index (Phi) is 5.00. The highest BCUT2D eigenvalue weighted by molar-refractivity contribution is 9.11. The van der Waals surface area contributed by atoms with Crippen LogP contribution in [0, 0.1) is 5.82 Å². The minimum absolute atomic E-state index is 0.145. The molecule has 2 N–H and O–H groups in total. The molecule has 0 aliphatic carbocycles. The van der Waals surface area contributed by atoms with Gasteiger partial charge in [-0.25, -0.2) is 4.39 Å². The van der Waals surface area contributed by atoms with Crippen molar-refractivity contribution in [2.24, 2.45) is 5.73 Å². The third-order valence-electron chi connectivity index (χ3n) is 2.46. The molecule has 2 rings (SSSR count). The number of hydrogen-bond donors (Lipinski definition) is 1. The molecule has 0 heterocycles. The first-order chi connectivity index (χ1) is 9.02. The largest absolute Gasteiger partial charge is 0.453 e. The van der Waals surface area contributed by atoms with E-state index in [0.717, 1.165) is 8.95 Å². The second kappa shape index (κ2) is 6.35. The van der Waals surface area contributed by atoms with Crippen LogP contribution in [-0.4, -0.2) is 0 Å². The van der Waals surface area contributed by atoms with Gasteiger partial charge in [0.05, 0.1) is 8.95 Å². The molecular weight excluding hydrogens is 445 g/mol. The SMILES string of the molecule is NCc1ccc(Oc2ccc(Br)cc2Br)c(F)c1Br. The normalized spacial score (nSPS) is 10.6. The molecule has 2 aromatic carbocycles. The fourth-order valence-electron chi connectivity index (χ4n) is 1.48. The summed E-state index contributed by atoms with van der Waals surface area (Å²) in [6.45, 7) is 0.264. The predicted molar refractivity (Wildman–Crippen MR) is 83.9 cm³/mol. The van der Waals surface area contributed by atoms with Crippen LogP contribution in [0.1, 0.15) is 5.56 Å². The average molecular weight is 454 g/mol. The second-order valence-corrected chi connectivity index (χ2v) is 6.29. The summed E-state index contributed by atoms with van der Waals surface area (Å²) in [6.07, 6.45) is 0. The van der Waals surface area contributed by atoms with Gasteiger partial charge < -0.3 is 10.5 Å². The molecule has 0 bridgehead atoms. The van der Waals surface area contributed by atoms with Crippen LogP contribution in [0.4, 0.5) is 4.39 Å². The summed E-state index contributed by atoms with van der Waals surface area (Å²) in [7, 11) is 0. The summed E-state index contributed by atoms with van der Waals surface area (Å²) in [5, 5.41) is 0. The molecule has 0 saturated heterocycles. The molecule has 2 aromatic rings. The van der Waals surface area contributed by atoms with Gasteiger partial charge in [0.25, 0.3) is 0 Å². The van der Waals surface area contributed by atoms with E-state index < -0.39 is 5.82 Å². The minimum atomic E-state index is -0.460. The third-order valence-corrected chi connectivity index (χ3v) is 4.43. The van der Waals surface area contributed by atoms with E-state index >= 15 is 0 Å². The van der Waals surface area contributed by atoms with Gasteiger partial charge in [-0.1, -0.05) is 22.0 Å². The molecule has 100 valence electrons. The molecule has 2 nitrogen and oxygen atoms in total. The molecular formula is C13H9Br3FNO. The first-order valence-corrected chi connectivity index (χ1v) is 7.70. The van der Waals surface area contributed by atoms with Crippen molar-refractivity contribution in [1.82, 2.24) is 0 Å². The van der Waals surface area contributed by atoms with Gasteiger partial charge in [0.2, 0.25) is 0 Å². The van der Waals surface area contributed by atoms with Gasteiger partial charge >= 0.3 is 0 Å². The Balaban J connectivity index is 2.36. The summed E-state index contributed by atoms with van der Waals surface area (Å²) in [5.74, 6) is 0.222. The molecule has 0 saturated carbocycles. The van der Waals surface area contributed by atoms with Gasteiger partial charge in [0.15, 0.2) is 11.6 Å². The number of halogens is 4. The highest BCUT2D eigenvalue weighted by Gasteiger charge is 2.13. The van der Waals surface area contributed by atoms with Gasteiger partial charge in [-0.2, -0.15) is 0 Å². The maximum Gasteiger partial charge on any atom is 0.180 e. The van der Waals surface area contributed by atoms with E-state index in [-0.39, 0.29) is 12.3 Å². The topological polar surface area (TPSA) is 35.2 Å². The number of hydrogen-bond acceptors (Lipinski definition) is 2. The van der Waals surface area contributed by atoms with Crippen LogP contribution < -0.4 is 10.5 Å². The predicted octanol–water partition coefficient (Wildman–Crippen LogP) is 5.36. The lowest BCUT2D eigenvalue weighted by molar-refractivity contribution is 0.437. The molecule has 0 aromatic heterocycles. The fourth-order valence-corrected chi connectivity index (χ4v) is 3.10. The Hall–Kier alpha value is -0.430. The van der Waals surface area contributed by atoms with Crippen molar-refractivity contribution in [1.29, 1.82) is 0 Å². The Bertz CT molecular complexity index is 619. The van der Waals surface area contributed by atoms with Crippen molar-refractivity contribution < 1.29 is 9.13 Å². The van der Waals surface area contributed by atoms with Crippen molar-refractivity contribution in [2.75, 3.05) is 0 Å². The average Bonchev–Trinajstić information content (AvgIpc) is 2.38. The molecule has 6 heteroatoms. The molecule has 0 aliphatic rings. The monoisotopic (exact) mass is 451 g/mol. The van der Waals surface area contributed by atoms with Crippen LogP contribution in [-0.2, 0) is 6.54 Å². The highest BCUT2D eigenvalue weighted by atomic mass is 79.9. The van der Waals surface area contributed by atoms with Gasteiger partial charge in [-0.3, -0.25) is 0 Å². The van der Waals surface area contributed by atoms with E-state index in [1.165, 1.54) is 0 Å². The zero-order valence-corrected chi connectivity index (χ0v) is 14.3. The van der Waals surface area contributed by atoms with Crippen molar-refractivity contribution >= 4 is 47.8 Å². The smallest absolute Gasteiger partial charge is 0.180 e. The quantitative estimate of drug-likeness (QED) is 0.678. The van der Waals surface area contributed by atoms with Crippen molar-refractivity contribution in [2.45, 2.75) is 6.54 Å². The molecule has 0 unspecified atom stereocenters. The maximum atomic E-state index is 14.1. The Labute approximate surface area is 135 Å². The van der Waals surface area contributed by atoms with Crippen molar-refractivity contribution in [3.8, 4) is 11.5 Å². The summed E-state index contributed by atoms with van der Waals surface area (Å²) < 4.78 is 21.6. The Morgan fingerprint density at radius 2 is 1.74 bits per heavy atom. The van der Waals surface area contributed by atoms with E-state index in [0.29, 0.717) is 15.8 Å². The molecule has 0 aliphatic heterocycles. The molecule has 0 fully saturated rings. The van der Waals surface area contributed by atoms with Gasteiger partial charge in [0, 0.05) is 11.0 Å². The molecule has 0 radical (unpaired) electrons. The maximum absolute atomic E-state index is 14.1. The summed E-state index contributed by atoms with van der Waals surface area (Å²) >= 11 is 9.89. The van der Waals surface area contributed by atoms with Crippen molar-refractivity contribution in [3.63, 3.8) is 0 Å². The van der Waals surface area contributed by atoms with Crippen LogP contribution in [0.2, 0.25) is 0 Å². The molecule has 0 atom stereocenters. The van der Waals surface area contributed by atoms with Crippen LogP contribution in [0.25, 0.3) is 0 Å². The molecule has 0 amide bonds. The van der Waals surface area contributed by atoms with E-state index in [2.05, 4.69) is 47.8 Å². The Morgan fingerprint density at radius 3 is 2.37 bits per heavy atom. The van der Waals surface area contributed by atoms with E-state index in [1.54, 1.807) is 18.2 Å². The third kappa shape index (κ3) is 3.37. The van der Waals surface area contributed by atoms with Gasteiger partial charge in [-0.15, -0.1) is 0 Å². The lowest BCUT2D eigenvalue weighted by Gasteiger charge is -2.11. The van der Waals surface area contributed by atoms with Crippen LogP contribution in [0.3, 0.4) is 0 Å². The number of rotatable bonds is 3. The fraction of sp³-hybridized carbons (Fsp3) is 0.0769. The molecule has 0 spiro atoms. The molecule has 19 heavy (non-hydrogen) atoms. The number of benzene rings is 2. The number of ether oxygens (including phenoxy) is 1. The summed E-state index contributed by atoms with van der Waals surface area (Å²) in [4.78, 5) is 0. The lowest BCUT2D eigenvalue weighted by Crippen LogP contribution is -2.00. The van der Waals surface area contributed by atoms with E-state index in [1.807, 2.05) is 12.1 Å². The standard InChI is InChI=1S/C13H9Br3FNO/c14-8-2-4-10(9(15)5-8)19-11-3-1-7(6-18)12(16)13(11)17/h1-5H,6,18H2. The summed E-state index contributed by atoms with van der Waals surface area (Å²) in [6, 6.07) is 8.70. The first kappa shape index (κ1) is 15.0. The van der Waals surface area contributed by atoms with Crippen LogP contribution in [0.15, 0.2) is 43.7 Å². The van der Waals surface area contributed by atoms with Gasteiger partial charge in [0.1, 0.15) is 5.75 Å². The zero-order valence-electron chi connectivity index (χ0n) is 9.59. The van der Waals surface area contributed by atoms with E-state index in [9.17, 15) is 4.39 Å². The van der Waals surface area contributed by atoms with Crippen LogP contribution in [0.5, 0.6) is 11.5 Å². The highest BCUT2D eigenvalue weighted by Crippen LogP contribution is 2.35. The van der Waals surface area contributed by atoms with Crippen LogP contribution >= 0.6 is 47.8 Å². The van der Waals surface area contributed by atoms with Gasteiger partial charge in [-0.05, 0) is 61.7 Å². The zero-order chi connectivity index (χ0) is 14.0. The van der Waals surface area contributed by atoms with E-state index in [4.69, 9.17) is 10.5 Å². The first-order valence-electron chi connectivity index (χ1n) is 5.32. The summed E-state index contributed by atoms with van der Waals surface area (Å²) in [5.41, 5.74) is 6.21.